The van der Waals surface area contributed by atoms with Crippen LogP contribution in [0.25, 0.3) is 10.9 Å². The molecule has 0 bridgehead atoms. The Labute approximate surface area is 105 Å². The molecule has 4 nitrogen and oxygen atoms in total. The number of carbonyl (C=O) groups is 1. The molecule has 0 unspecified atom stereocenters. The molecule has 1 aromatic heterocycles. The molecule has 0 aliphatic rings. The van der Waals surface area contributed by atoms with Crippen LogP contribution in [0.1, 0.15) is 24.3 Å². The van der Waals surface area contributed by atoms with Crippen LogP contribution in [0.3, 0.4) is 0 Å². The summed E-state index contributed by atoms with van der Waals surface area (Å²) in [7, 11) is 0. The Morgan fingerprint density at radius 3 is 2.67 bits per heavy atom. The van der Waals surface area contributed by atoms with E-state index in [0.717, 1.165) is 5.52 Å². The third kappa shape index (κ3) is 2.01. The summed E-state index contributed by atoms with van der Waals surface area (Å²) in [5.74, 6) is -0.456. The quantitative estimate of drug-likeness (QED) is 0.779. The molecule has 0 N–H and O–H groups in total. The van der Waals surface area contributed by atoms with Crippen molar-refractivity contribution in [3.63, 3.8) is 0 Å². The van der Waals surface area contributed by atoms with Gasteiger partial charge in [-0.1, -0.05) is 12.1 Å². The first-order valence-electron chi connectivity index (χ1n) is 5.98. The predicted octanol–water partition coefficient (Wildman–Crippen LogP) is 2.20. The zero-order valence-corrected chi connectivity index (χ0v) is 10.5. The van der Waals surface area contributed by atoms with Crippen LogP contribution < -0.4 is 5.43 Å². The number of carbonyl (C=O) groups excluding carboxylic acids is 1. The van der Waals surface area contributed by atoms with Crippen LogP contribution in [0.2, 0.25) is 0 Å². The molecule has 0 saturated carbocycles. The van der Waals surface area contributed by atoms with Gasteiger partial charge < -0.3 is 9.30 Å². The number of aryl methyl sites for hydroxylation is 1. The molecular weight excluding hydrogens is 230 g/mol. The van der Waals surface area contributed by atoms with Crippen molar-refractivity contribution < 1.29 is 9.53 Å². The van der Waals surface area contributed by atoms with Crippen LogP contribution in [0, 0.1) is 0 Å². The lowest BCUT2D eigenvalue weighted by molar-refractivity contribution is 0.0513. The standard InChI is InChI=1S/C14H15NO3/c1-3-15-11-8-6-5-7-10(11)13(16)9-12(15)14(17)18-4-2/h5-9H,3-4H2,1-2H3. The molecule has 2 aromatic rings. The Kier molecular flexibility index (Phi) is 3.46. The number of pyridine rings is 1. The van der Waals surface area contributed by atoms with E-state index < -0.39 is 5.97 Å². The lowest BCUT2D eigenvalue weighted by Gasteiger charge is -2.13. The summed E-state index contributed by atoms with van der Waals surface area (Å²) < 4.78 is 6.78. The number of hydrogen-bond acceptors (Lipinski definition) is 3. The van der Waals surface area contributed by atoms with Gasteiger partial charge in [0.2, 0.25) is 0 Å². The Bertz CT molecular complexity index is 643. The number of esters is 1. The zero-order chi connectivity index (χ0) is 13.1. The minimum Gasteiger partial charge on any atom is -0.461 e. The van der Waals surface area contributed by atoms with Gasteiger partial charge >= 0.3 is 5.97 Å². The first-order valence-corrected chi connectivity index (χ1v) is 5.98. The Balaban J connectivity index is 2.75. The van der Waals surface area contributed by atoms with Crippen LogP contribution in [-0.2, 0) is 11.3 Å². The van der Waals surface area contributed by atoms with Crippen molar-refractivity contribution in [3.05, 3.63) is 46.2 Å². The van der Waals surface area contributed by atoms with E-state index in [-0.39, 0.29) is 5.43 Å². The summed E-state index contributed by atoms with van der Waals surface area (Å²) in [6, 6.07) is 8.61. The molecule has 0 aliphatic carbocycles. The number of ether oxygens (including phenoxy) is 1. The lowest BCUT2D eigenvalue weighted by Crippen LogP contribution is -2.19. The van der Waals surface area contributed by atoms with Crippen LogP contribution >= 0.6 is 0 Å². The van der Waals surface area contributed by atoms with E-state index in [9.17, 15) is 9.59 Å². The predicted molar refractivity (Wildman–Crippen MR) is 69.8 cm³/mol. The molecule has 0 aliphatic heterocycles. The molecule has 94 valence electrons. The largest absolute Gasteiger partial charge is 0.461 e. The summed E-state index contributed by atoms with van der Waals surface area (Å²) in [5, 5.41) is 0.618. The summed E-state index contributed by atoms with van der Waals surface area (Å²) in [6.07, 6.45) is 0. The van der Waals surface area contributed by atoms with Crippen molar-refractivity contribution in [2.45, 2.75) is 20.4 Å². The average Bonchev–Trinajstić information content (AvgIpc) is 2.39. The highest BCUT2D eigenvalue weighted by Gasteiger charge is 2.14. The monoisotopic (exact) mass is 245 g/mol. The van der Waals surface area contributed by atoms with E-state index >= 15 is 0 Å². The van der Waals surface area contributed by atoms with Crippen LogP contribution in [0.4, 0.5) is 0 Å². The maximum Gasteiger partial charge on any atom is 0.355 e. The smallest absolute Gasteiger partial charge is 0.355 e. The van der Waals surface area contributed by atoms with Crippen LogP contribution in [0.15, 0.2) is 35.1 Å². The molecule has 18 heavy (non-hydrogen) atoms. The van der Waals surface area contributed by atoms with Crippen molar-refractivity contribution in [2.75, 3.05) is 6.61 Å². The van der Waals surface area contributed by atoms with Gasteiger partial charge in [-0.2, -0.15) is 0 Å². The highest BCUT2D eigenvalue weighted by Crippen LogP contribution is 2.13. The fraction of sp³-hybridized carbons (Fsp3) is 0.286. The third-order valence-electron chi connectivity index (χ3n) is 2.82. The van der Waals surface area contributed by atoms with Crippen molar-refractivity contribution in [1.82, 2.24) is 4.57 Å². The van der Waals surface area contributed by atoms with E-state index in [1.807, 2.05) is 25.1 Å². The molecule has 0 atom stereocenters. The maximum absolute atomic E-state index is 12.0. The minimum atomic E-state index is -0.456. The summed E-state index contributed by atoms with van der Waals surface area (Å²) in [6.45, 7) is 4.57. The maximum atomic E-state index is 12.0. The molecular formula is C14H15NO3. The van der Waals surface area contributed by atoms with Gasteiger partial charge in [-0.05, 0) is 26.0 Å². The molecule has 0 radical (unpaired) electrons. The molecule has 2 rings (SSSR count). The summed E-state index contributed by atoms with van der Waals surface area (Å²) in [5.41, 5.74) is 0.914. The van der Waals surface area contributed by atoms with Gasteiger partial charge in [-0.25, -0.2) is 4.79 Å². The van der Waals surface area contributed by atoms with E-state index in [1.54, 1.807) is 17.6 Å². The van der Waals surface area contributed by atoms with E-state index in [2.05, 4.69) is 0 Å². The first-order chi connectivity index (χ1) is 8.69. The highest BCUT2D eigenvalue weighted by atomic mass is 16.5. The summed E-state index contributed by atoms with van der Waals surface area (Å²) in [4.78, 5) is 23.8. The van der Waals surface area contributed by atoms with Gasteiger partial charge in [0.1, 0.15) is 5.69 Å². The number of aromatic nitrogens is 1. The molecule has 1 aromatic carbocycles. The first kappa shape index (κ1) is 12.4. The Morgan fingerprint density at radius 1 is 1.28 bits per heavy atom. The molecule has 1 heterocycles. The van der Waals surface area contributed by atoms with E-state index in [0.29, 0.717) is 24.2 Å². The molecule has 4 heteroatoms. The summed E-state index contributed by atoms with van der Waals surface area (Å²) >= 11 is 0. The van der Waals surface area contributed by atoms with Crippen molar-refractivity contribution in [3.8, 4) is 0 Å². The van der Waals surface area contributed by atoms with E-state index in [4.69, 9.17) is 4.74 Å². The van der Waals surface area contributed by atoms with Crippen molar-refractivity contribution >= 4 is 16.9 Å². The molecule has 0 amide bonds. The zero-order valence-electron chi connectivity index (χ0n) is 10.5. The van der Waals surface area contributed by atoms with Gasteiger partial charge in [0.05, 0.1) is 12.1 Å². The van der Waals surface area contributed by atoms with Gasteiger partial charge in [0.15, 0.2) is 5.43 Å². The van der Waals surface area contributed by atoms with Crippen molar-refractivity contribution in [2.24, 2.45) is 0 Å². The molecule has 0 fully saturated rings. The van der Waals surface area contributed by atoms with Crippen molar-refractivity contribution in [1.29, 1.82) is 0 Å². The number of nitrogens with zero attached hydrogens (tertiary/aromatic N) is 1. The third-order valence-corrected chi connectivity index (χ3v) is 2.82. The Morgan fingerprint density at radius 2 is 2.00 bits per heavy atom. The molecule has 0 saturated heterocycles. The number of rotatable bonds is 3. The van der Waals surface area contributed by atoms with Crippen LogP contribution in [-0.4, -0.2) is 17.1 Å². The second kappa shape index (κ2) is 5.04. The fourth-order valence-electron chi connectivity index (χ4n) is 2.04. The number of para-hydroxylation sites is 1. The van der Waals surface area contributed by atoms with Gasteiger partial charge in [0, 0.05) is 18.0 Å². The number of hydrogen-bond donors (Lipinski definition) is 0. The van der Waals surface area contributed by atoms with Gasteiger partial charge in [-0.3, -0.25) is 4.79 Å². The SMILES string of the molecule is CCOC(=O)c1cc(=O)c2ccccc2n1CC. The molecule has 0 spiro atoms. The lowest BCUT2D eigenvalue weighted by atomic mass is 10.1. The second-order valence-electron chi connectivity index (χ2n) is 3.88. The van der Waals surface area contributed by atoms with Gasteiger partial charge in [-0.15, -0.1) is 0 Å². The highest BCUT2D eigenvalue weighted by molar-refractivity contribution is 5.91. The van der Waals surface area contributed by atoms with E-state index in [1.165, 1.54) is 6.07 Å². The fourth-order valence-corrected chi connectivity index (χ4v) is 2.04. The topological polar surface area (TPSA) is 48.3 Å². The second-order valence-corrected chi connectivity index (χ2v) is 3.88. The normalized spacial score (nSPS) is 10.6. The Hall–Kier alpha value is -2.10. The minimum absolute atomic E-state index is 0.154. The van der Waals surface area contributed by atoms with Gasteiger partial charge in [0.25, 0.3) is 0 Å². The number of benzene rings is 1. The number of fused-ring (bicyclic) bond motifs is 1. The average molecular weight is 245 g/mol. The van der Waals surface area contributed by atoms with Crippen LogP contribution in [0.5, 0.6) is 0 Å².